The summed E-state index contributed by atoms with van der Waals surface area (Å²) in [6.07, 6.45) is 2.95. The van der Waals surface area contributed by atoms with Crippen LogP contribution in [-0.4, -0.2) is 51.7 Å². The van der Waals surface area contributed by atoms with Crippen LogP contribution in [0.25, 0.3) is 0 Å². The lowest BCUT2D eigenvalue weighted by Crippen LogP contribution is -2.28. The first-order valence-corrected chi connectivity index (χ1v) is 8.60. The van der Waals surface area contributed by atoms with Gasteiger partial charge in [0.25, 0.3) is 11.8 Å². The summed E-state index contributed by atoms with van der Waals surface area (Å²) in [4.78, 5) is 23.3. The summed E-state index contributed by atoms with van der Waals surface area (Å²) in [5, 5.41) is 7.64. The normalized spacial score (nSPS) is 10.8. The van der Waals surface area contributed by atoms with Crippen LogP contribution in [0.1, 0.15) is 11.1 Å². The first-order valence-electron chi connectivity index (χ1n) is 8.60. The number of methoxy groups -OCH3 is 2. The van der Waals surface area contributed by atoms with Crippen LogP contribution in [0.4, 0.5) is 0 Å². The Bertz CT molecular complexity index is 811. The highest BCUT2D eigenvalue weighted by molar-refractivity contribution is 5.84. The molecular formula is C20H22N4O5. The van der Waals surface area contributed by atoms with Gasteiger partial charge < -0.3 is 14.2 Å². The van der Waals surface area contributed by atoms with Gasteiger partial charge in [-0.2, -0.15) is 10.2 Å². The standard InChI is InChI=1S/C20H22N4O5/c1-27-17-7-3-5-15(9-17)11-21-23-19(25)13-29-14-20(26)24-22-12-16-6-4-8-18(10-16)28-2/h3-12H,13-14H2,1-2H3,(H,23,25)(H,24,26)/b21-11+,22-12+. The molecule has 152 valence electrons. The largest absolute Gasteiger partial charge is 0.497 e. The molecule has 29 heavy (non-hydrogen) atoms. The monoisotopic (exact) mass is 398 g/mol. The quantitative estimate of drug-likeness (QED) is 0.463. The minimum Gasteiger partial charge on any atom is -0.497 e. The molecule has 0 saturated carbocycles. The first-order chi connectivity index (χ1) is 14.1. The number of carbonyl (C=O) groups excluding carboxylic acids is 2. The molecule has 0 unspecified atom stereocenters. The molecule has 0 fully saturated rings. The SMILES string of the molecule is COc1cccc(/C=N/NC(=O)COCC(=O)N/N=C/c2cccc(OC)c2)c1. The van der Waals surface area contributed by atoms with Gasteiger partial charge in [0, 0.05) is 0 Å². The maximum Gasteiger partial charge on any atom is 0.266 e. The zero-order valence-electron chi connectivity index (χ0n) is 16.1. The van der Waals surface area contributed by atoms with Gasteiger partial charge in [0.15, 0.2) is 0 Å². The molecule has 2 aromatic carbocycles. The van der Waals surface area contributed by atoms with Gasteiger partial charge in [-0.15, -0.1) is 0 Å². The number of rotatable bonds is 10. The molecular weight excluding hydrogens is 376 g/mol. The second kappa shape index (κ2) is 11.9. The van der Waals surface area contributed by atoms with Crippen LogP contribution in [-0.2, 0) is 14.3 Å². The predicted octanol–water partition coefficient (Wildman–Crippen LogP) is 1.32. The van der Waals surface area contributed by atoms with Gasteiger partial charge in [-0.05, 0) is 35.4 Å². The van der Waals surface area contributed by atoms with Crippen LogP contribution in [0.5, 0.6) is 11.5 Å². The Kier molecular flexibility index (Phi) is 8.84. The van der Waals surface area contributed by atoms with Crippen molar-refractivity contribution in [3.63, 3.8) is 0 Å². The van der Waals surface area contributed by atoms with Crippen LogP contribution in [0.15, 0.2) is 58.7 Å². The lowest BCUT2D eigenvalue weighted by atomic mass is 10.2. The van der Waals surface area contributed by atoms with Crippen molar-refractivity contribution < 1.29 is 23.8 Å². The number of hydrogen-bond donors (Lipinski definition) is 2. The molecule has 0 spiro atoms. The minimum absolute atomic E-state index is 0.317. The van der Waals surface area contributed by atoms with Crippen LogP contribution in [0, 0.1) is 0 Å². The maximum atomic E-state index is 11.6. The summed E-state index contributed by atoms with van der Waals surface area (Å²) in [7, 11) is 3.13. The Morgan fingerprint density at radius 2 is 1.28 bits per heavy atom. The van der Waals surface area contributed by atoms with E-state index < -0.39 is 11.8 Å². The van der Waals surface area contributed by atoms with Crippen molar-refractivity contribution in [3.8, 4) is 11.5 Å². The van der Waals surface area contributed by atoms with Gasteiger partial charge >= 0.3 is 0 Å². The highest BCUT2D eigenvalue weighted by Gasteiger charge is 2.04. The Morgan fingerprint density at radius 1 is 0.828 bits per heavy atom. The number of nitrogens with one attached hydrogen (secondary N) is 2. The Labute approximate surface area is 168 Å². The lowest BCUT2D eigenvalue weighted by Gasteiger charge is -2.03. The molecule has 0 bridgehead atoms. The second-order valence-electron chi connectivity index (χ2n) is 5.63. The summed E-state index contributed by atoms with van der Waals surface area (Å²) in [6.45, 7) is -0.634. The van der Waals surface area contributed by atoms with Crippen LogP contribution >= 0.6 is 0 Å². The molecule has 0 atom stereocenters. The van der Waals surface area contributed by atoms with Gasteiger partial charge in [-0.25, -0.2) is 10.9 Å². The van der Waals surface area contributed by atoms with E-state index in [-0.39, 0.29) is 13.2 Å². The van der Waals surface area contributed by atoms with Crippen molar-refractivity contribution >= 4 is 24.2 Å². The van der Waals surface area contributed by atoms with E-state index in [4.69, 9.17) is 14.2 Å². The van der Waals surface area contributed by atoms with E-state index in [0.717, 1.165) is 11.1 Å². The van der Waals surface area contributed by atoms with Gasteiger partial charge in [0.05, 0.1) is 26.6 Å². The van der Waals surface area contributed by atoms with E-state index in [0.29, 0.717) is 11.5 Å². The van der Waals surface area contributed by atoms with Gasteiger partial charge in [-0.1, -0.05) is 24.3 Å². The van der Waals surface area contributed by atoms with E-state index in [1.54, 1.807) is 50.6 Å². The van der Waals surface area contributed by atoms with E-state index in [1.165, 1.54) is 12.4 Å². The van der Waals surface area contributed by atoms with E-state index in [2.05, 4.69) is 21.1 Å². The molecule has 2 rings (SSSR count). The average molecular weight is 398 g/mol. The van der Waals surface area contributed by atoms with Crippen LogP contribution in [0.3, 0.4) is 0 Å². The predicted molar refractivity (Wildman–Crippen MR) is 108 cm³/mol. The molecule has 0 radical (unpaired) electrons. The summed E-state index contributed by atoms with van der Waals surface area (Å²) >= 11 is 0. The molecule has 2 amide bonds. The van der Waals surface area contributed by atoms with Gasteiger partial charge in [-0.3, -0.25) is 9.59 Å². The highest BCUT2D eigenvalue weighted by Crippen LogP contribution is 2.11. The minimum atomic E-state index is -0.489. The Hall–Kier alpha value is -3.72. The highest BCUT2D eigenvalue weighted by atomic mass is 16.5. The van der Waals surface area contributed by atoms with E-state index in [9.17, 15) is 9.59 Å². The van der Waals surface area contributed by atoms with Crippen molar-refractivity contribution in [3.05, 3.63) is 59.7 Å². The molecule has 0 aliphatic heterocycles. The molecule has 0 aliphatic rings. The molecule has 9 nitrogen and oxygen atoms in total. The number of amides is 2. The van der Waals surface area contributed by atoms with Gasteiger partial charge in [0.2, 0.25) is 0 Å². The molecule has 0 heterocycles. The molecule has 0 aliphatic carbocycles. The summed E-state index contributed by atoms with van der Waals surface area (Å²) in [5.74, 6) is 0.390. The number of benzene rings is 2. The third kappa shape index (κ3) is 8.22. The fourth-order valence-corrected chi connectivity index (χ4v) is 2.10. The van der Waals surface area contributed by atoms with E-state index >= 15 is 0 Å². The third-order valence-corrected chi connectivity index (χ3v) is 3.46. The summed E-state index contributed by atoms with van der Waals surface area (Å²) < 4.78 is 15.2. The zero-order valence-corrected chi connectivity index (χ0v) is 16.1. The van der Waals surface area contributed by atoms with Crippen molar-refractivity contribution in [2.45, 2.75) is 0 Å². The number of nitrogens with zero attached hydrogens (tertiary/aromatic N) is 2. The zero-order chi connectivity index (χ0) is 20.9. The topological polar surface area (TPSA) is 111 Å². The molecule has 2 N–H and O–H groups in total. The molecule has 0 aromatic heterocycles. The first kappa shape index (κ1) is 21.6. The van der Waals surface area contributed by atoms with E-state index in [1.807, 2.05) is 12.1 Å². The van der Waals surface area contributed by atoms with Gasteiger partial charge in [0.1, 0.15) is 24.7 Å². The van der Waals surface area contributed by atoms with Crippen molar-refractivity contribution in [1.29, 1.82) is 0 Å². The summed E-state index contributed by atoms with van der Waals surface area (Å²) in [5.41, 5.74) is 6.14. The van der Waals surface area contributed by atoms with Crippen LogP contribution < -0.4 is 20.3 Å². The number of hydrogen-bond acceptors (Lipinski definition) is 7. The molecule has 2 aromatic rings. The average Bonchev–Trinajstić information content (AvgIpc) is 2.74. The second-order valence-corrected chi connectivity index (χ2v) is 5.63. The molecule has 0 saturated heterocycles. The fraction of sp³-hybridized carbons (Fsp3) is 0.200. The smallest absolute Gasteiger partial charge is 0.266 e. The Morgan fingerprint density at radius 3 is 1.69 bits per heavy atom. The molecule has 9 heteroatoms. The van der Waals surface area contributed by atoms with Crippen molar-refractivity contribution in [2.75, 3.05) is 27.4 Å². The summed E-state index contributed by atoms with van der Waals surface area (Å²) in [6, 6.07) is 14.4. The van der Waals surface area contributed by atoms with Crippen molar-refractivity contribution in [1.82, 2.24) is 10.9 Å². The number of carbonyl (C=O) groups is 2. The van der Waals surface area contributed by atoms with Crippen LogP contribution in [0.2, 0.25) is 0 Å². The maximum absolute atomic E-state index is 11.6. The number of hydrazone groups is 2. The third-order valence-electron chi connectivity index (χ3n) is 3.46. The fourth-order valence-electron chi connectivity index (χ4n) is 2.10. The van der Waals surface area contributed by atoms with Crippen molar-refractivity contribution in [2.24, 2.45) is 10.2 Å². The number of ether oxygens (including phenoxy) is 3. The lowest BCUT2D eigenvalue weighted by molar-refractivity contribution is -0.130. The Balaban J connectivity index is 1.65.